The van der Waals surface area contributed by atoms with Gasteiger partial charge in [0, 0.05) is 5.70 Å². The van der Waals surface area contributed by atoms with E-state index in [-0.39, 0.29) is 5.82 Å². The molecule has 2 heterocycles. The highest BCUT2D eigenvalue weighted by Gasteiger charge is 2.32. The quantitative estimate of drug-likeness (QED) is 0.835. The molecule has 1 aliphatic heterocycles. The number of hydrogen-bond donors (Lipinski definition) is 2. The van der Waals surface area contributed by atoms with Gasteiger partial charge >= 0.3 is 0 Å². The number of tetrazole rings is 1. The number of carbonyl (C=O) groups is 1. The summed E-state index contributed by atoms with van der Waals surface area (Å²) in [5.41, 5.74) is 7.05. The van der Waals surface area contributed by atoms with Crippen LogP contribution in [-0.4, -0.2) is 26.1 Å². The van der Waals surface area contributed by atoms with E-state index < -0.39 is 11.9 Å². The third kappa shape index (κ3) is 1.81. The molecule has 0 bridgehead atoms. The van der Waals surface area contributed by atoms with Crippen LogP contribution in [0.2, 0.25) is 0 Å². The molecule has 1 aromatic carbocycles. The van der Waals surface area contributed by atoms with Gasteiger partial charge in [0.1, 0.15) is 11.9 Å². The Labute approximate surface area is 113 Å². The average Bonchev–Trinajstić information content (AvgIpc) is 2.85. The standard InChI is InChI=1S/C12H11FN6O/c1-6-9(11(14)20)10(7-2-4-8(13)5-3-7)19-12(15-6)16-17-18-19/h2-5,10H,1H3,(H2,14,20)(H,15,16,18)/t10-/m1/s1. The van der Waals surface area contributed by atoms with Crippen LogP contribution >= 0.6 is 0 Å². The zero-order valence-corrected chi connectivity index (χ0v) is 10.5. The molecule has 7 nitrogen and oxygen atoms in total. The number of fused-ring (bicyclic) bond motifs is 1. The van der Waals surface area contributed by atoms with E-state index in [2.05, 4.69) is 20.8 Å². The fourth-order valence-corrected chi connectivity index (χ4v) is 2.28. The van der Waals surface area contributed by atoms with Crippen LogP contribution in [0.1, 0.15) is 18.5 Å². The second-order valence-electron chi connectivity index (χ2n) is 4.43. The number of aromatic nitrogens is 4. The maximum atomic E-state index is 13.1. The molecule has 2 aromatic rings. The van der Waals surface area contributed by atoms with E-state index in [1.807, 2.05) is 0 Å². The van der Waals surface area contributed by atoms with Crippen molar-refractivity contribution >= 4 is 11.9 Å². The lowest BCUT2D eigenvalue weighted by molar-refractivity contribution is -0.115. The van der Waals surface area contributed by atoms with Gasteiger partial charge in [-0.3, -0.25) is 4.79 Å². The molecule has 3 N–H and O–H groups in total. The molecule has 1 aromatic heterocycles. The molecule has 0 aliphatic carbocycles. The van der Waals surface area contributed by atoms with Crippen molar-refractivity contribution in [1.29, 1.82) is 0 Å². The summed E-state index contributed by atoms with van der Waals surface area (Å²) < 4.78 is 14.5. The average molecular weight is 274 g/mol. The predicted molar refractivity (Wildman–Crippen MR) is 67.9 cm³/mol. The van der Waals surface area contributed by atoms with Crippen molar-refractivity contribution in [3.05, 3.63) is 46.9 Å². The Kier molecular flexibility index (Phi) is 2.70. The van der Waals surface area contributed by atoms with E-state index in [0.717, 1.165) is 0 Å². The molecular formula is C12H11FN6O. The first-order valence-corrected chi connectivity index (χ1v) is 5.89. The summed E-state index contributed by atoms with van der Waals surface area (Å²) >= 11 is 0. The van der Waals surface area contributed by atoms with Gasteiger partial charge in [0.2, 0.25) is 11.9 Å². The van der Waals surface area contributed by atoms with Gasteiger partial charge < -0.3 is 11.1 Å². The number of benzene rings is 1. The molecule has 0 fully saturated rings. The molecule has 0 radical (unpaired) electrons. The molecule has 0 spiro atoms. The topological polar surface area (TPSA) is 98.7 Å². The highest BCUT2D eigenvalue weighted by Crippen LogP contribution is 2.33. The van der Waals surface area contributed by atoms with E-state index in [1.54, 1.807) is 19.1 Å². The summed E-state index contributed by atoms with van der Waals surface area (Å²) in [6.07, 6.45) is 0. The number of anilines is 1. The summed E-state index contributed by atoms with van der Waals surface area (Å²) in [4.78, 5) is 11.7. The lowest BCUT2D eigenvalue weighted by Gasteiger charge is -2.26. The fraction of sp³-hybridized carbons (Fsp3) is 0.167. The molecule has 0 saturated heterocycles. The van der Waals surface area contributed by atoms with Crippen molar-refractivity contribution in [2.45, 2.75) is 13.0 Å². The molecule has 102 valence electrons. The van der Waals surface area contributed by atoms with Crippen molar-refractivity contribution in [1.82, 2.24) is 20.2 Å². The van der Waals surface area contributed by atoms with E-state index >= 15 is 0 Å². The molecule has 0 saturated carbocycles. The van der Waals surface area contributed by atoms with E-state index in [4.69, 9.17) is 5.73 Å². The Bertz CT molecular complexity index is 705. The smallest absolute Gasteiger partial charge is 0.248 e. The minimum atomic E-state index is -0.578. The third-order valence-electron chi connectivity index (χ3n) is 3.17. The second kappa shape index (κ2) is 4.41. The Morgan fingerprint density at radius 1 is 1.40 bits per heavy atom. The number of amides is 1. The molecule has 1 atom stereocenters. The summed E-state index contributed by atoms with van der Waals surface area (Å²) in [7, 11) is 0. The number of carbonyl (C=O) groups excluding carboxylic acids is 1. The number of hydrogen-bond acceptors (Lipinski definition) is 5. The lowest BCUT2D eigenvalue weighted by atomic mass is 9.95. The Balaban J connectivity index is 2.19. The van der Waals surface area contributed by atoms with Gasteiger partial charge in [0.05, 0.1) is 5.57 Å². The van der Waals surface area contributed by atoms with Gasteiger partial charge in [0.15, 0.2) is 0 Å². The third-order valence-corrected chi connectivity index (χ3v) is 3.17. The van der Waals surface area contributed by atoms with Crippen LogP contribution in [0.5, 0.6) is 0 Å². The number of allylic oxidation sites excluding steroid dienone is 1. The monoisotopic (exact) mass is 274 g/mol. The van der Waals surface area contributed by atoms with E-state index in [0.29, 0.717) is 22.8 Å². The minimum Gasteiger partial charge on any atom is -0.366 e. The number of nitrogens with zero attached hydrogens (tertiary/aromatic N) is 4. The van der Waals surface area contributed by atoms with Crippen LogP contribution in [0, 0.1) is 5.82 Å². The minimum absolute atomic E-state index is 0.344. The maximum Gasteiger partial charge on any atom is 0.248 e. The maximum absolute atomic E-state index is 13.1. The summed E-state index contributed by atoms with van der Waals surface area (Å²) in [5, 5.41) is 14.2. The molecular weight excluding hydrogens is 263 g/mol. The highest BCUT2D eigenvalue weighted by molar-refractivity contribution is 5.95. The van der Waals surface area contributed by atoms with Gasteiger partial charge in [-0.2, -0.15) is 4.68 Å². The van der Waals surface area contributed by atoms with Crippen molar-refractivity contribution in [3.63, 3.8) is 0 Å². The van der Waals surface area contributed by atoms with Crippen LogP contribution in [0.3, 0.4) is 0 Å². The first-order chi connectivity index (χ1) is 9.58. The zero-order chi connectivity index (χ0) is 14.3. The van der Waals surface area contributed by atoms with E-state index in [9.17, 15) is 9.18 Å². The summed E-state index contributed by atoms with van der Waals surface area (Å²) in [6.45, 7) is 1.72. The predicted octanol–water partition coefficient (Wildman–Crippen LogP) is 0.586. The van der Waals surface area contributed by atoms with Gasteiger partial charge in [-0.25, -0.2) is 4.39 Å². The largest absolute Gasteiger partial charge is 0.366 e. The van der Waals surface area contributed by atoms with Gasteiger partial charge in [0.25, 0.3) is 0 Å². The van der Waals surface area contributed by atoms with Gasteiger partial charge in [-0.05, 0) is 35.0 Å². The Morgan fingerprint density at radius 3 is 2.75 bits per heavy atom. The van der Waals surface area contributed by atoms with E-state index in [1.165, 1.54) is 16.8 Å². The number of rotatable bonds is 2. The first kappa shape index (κ1) is 12.3. The van der Waals surface area contributed by atoms with Crippen molar-refractivity contribution in [2.75, 3.05) is 5.32 Å². The Morgan fingerprint density at radius 2 is 2.10 bits per heavy atom. The van der Waals surface area contributed by atoms with Crippen molar-refractivity contribution < 1.29 is 9.18 Å². The highest BCUT2D eigenvalue weighted by atomic mass is 19.1. The molecule has 8 heteroatoms. The van der Waals surface area contributed by atoms with Crippen LogP contribution < -0.4 is 11.1 Å². The van der Waals surface area contributed by atoms with Crippen LogP contribution in [0.25, 0.3) is 0 Å². The summed E-state index contributed by atoms with van der Waals surface area (Å²) in [5.74, 6) is -0.534. The number of halogens is 1. The van der Waals surface area contributed by atoms with Crippen LogP contribution in [0.15, 0.2) is 35.5 Å². The second-order valence-corrected chi connectivity index (χ2v) is 4.43. The first-order valence-electron chi connectivity index (χ1n) is 5.89. The fourth-order valence-electron chi connectivity index (χ4n) is 2.28. The molecule has 3 rings (SSSR count). The molecule has 1 aliphatic rings. The van der Waals surface area contributed by atoms with Gasteiger partial charge in [-0.1, -0.05) is 17.2 Å². The van der Waals surface area contributed by atoms with Crippen molar-refractivity contribution in [3.8, 4) is 0 Å². The number of nitrogens with one attached hydrogen (secondary N) is 1. The van der Waals surface area contributed by atoms with Crippen molar-refractivity contribution in [2.24, 2.45) is 5.73 Å². The normalized spacial score (nSPS) is 17.6. The molecule has 20 heavy (non-hydrogen) atoms. The molecule has 0 unspecified atom stereocenters. The number of primary amides is 1. The van der Waals surface area contributed by atoms with Crippen LogP contribution in [-0.2, 0) is 4.79 Å². The lowest BCUT2D eigenvalue weighted by Crippen LogP contribution is -2.31. The van der Waals surface area contributed by atoms with Gasteiger partial charge in [-0.15, -0.1) is 0 Å². The summed E-state index contributed by atoms with van der Waals surface area (Å²) in [6, 6.07) is 5.21. The Hall–Kier alpha value is -2.77. The van der Waals surface area contributed by atoms with Crippen LogP contribution in [0.4, 0.5) is 10.3 Å². The zero-order valence-electron chi connectivity index (χ0n) is 10.5. The SMILES string of the molecule is CC1=C(C(N)=O)[C@@H](c2ccc(F)cc2)n2nnnc2N1. The number of nitrogens with two attached hydrogens (primary N) is 1. The molecule has 1 amide bonds.